The van der Waals surface area contributed by atoms with Gasteiger partial charge in [-0.1, -0.05) is 188 Å². The summed E-state index contributed by atoms with van der Waals surface area (Å²) in [6.07, 6.45) is 0. The van der Waals surface area contributed by atoms with Crippen LogP contribution in [0.5, 0.6) is 0 Å². The van der Waals surface area contributed by atoms with Crippen molar-refractivity contribution in [1.29, 1.82) is 0 Å². The fourth-order valence-electron chi connectivity index (χ4n) is 8.68. The van der Waals surface area contributed by atoms with Crippen LogP contribution in [-0.4, -0.2) is 13.0 Å². The number of nitro benzene ring substituents is 1. The number of rotatable bonds is 3. The Labute approximate surface area is 411 Å². The molecule has 0 heterocycles. The second kappa shape index (κ2) is 18.6. The smallest absolute Gasteiger partial charge is 0.258 e. The second-order valence-corrected chi connectivity index (χ2v) is 23.6. The minimum Gasteiger partial charge on any atom is -0.258 e. The topological polar surface area (TPSA) is 43.1 Å². The number of hydrogen-bond donors (Lipinski definition) is 0. The van der Waals surface area contributed by atoms with Crippen molar-refractivity contribution >= 4 is 79.4 Å². The summed E-state index contributed by atoms with van der Waals surface area (Å²) in [5.74, 6) is 24.5. The van der Waals surface area contributed by atoms with Crippen LogP contribution in [0.4, 0.5) is 5.69 Å². The third kappa shape index (κ3) is 9.15. The zero-order valence-electron chi connectivity index (χ0n) is 37.5. The van der Waals surface area contributed by atoms with E-state index in [4.69, 9.17) is 0 Å². The van der Waals surface area contributed by atoms with Crippen LogP contribution in [0.15, 0.2) is 188 Å². The van der Waals surface area contributed by atoms with E-state index in [1.165, 1.54) is 6.07 Å². The highest BCUT2D eigenvalue weighted by Crippen LogP contribution is 2.41. The highest BCUT2D eigenvalue weighted by Gasteiger charge is 2.18. The quantitative estimate of drug-likeness (QED) is 0.0582. The summed E-state index contributed by atoms with van der Waals surface area (Å²) in [5, 5.41) is 20.6. The summed E-state index contributed by atoms with van der Waals surface area (Å²) < 4.78 is 0.748. The number of halogens is 1. The van der Waals surface area contributed by atoms with Crippen LogP contribution in [0.3, 0.4) is 0 Å². The Bertz CT molecular complexity index is 3980. The van der Waals surface area contributed by atoms with E-state index in [0.29, 0.717) is 5.56 Å². The van der Waals surface area contributed by atoms with Gasteiger partial charge in [-0.3, -0.25) is 10.1 Å². The van der Waals surface area contributed by atoms with Gasteiger partial charge in [0.05, 0.1) is 4.92 Å². The Hall–Kier alpha value is -8.17. The summed E-state index contributed by atoms with van der Waals surface area (Å²) in [4.78, 5) is 11.3. The first-order chi connectivity index (χ1) is 33.1. The Morgan fingerprint density at radius 3 is 1.15 bits per heavy atom. The fraction of sp³-hybridized carbons (Fsp3) is 0.0476. The Morgan fingerprint density at radius 1 is 0.397 bits per heavy atom. The van der Waals surface area contributed by atoms with Crippen LogP contribution >= 0.6 is 22.6 Å². The maximum Gasteiger partial charge on any atom is 0.271 e. The van der Waals surface area contributed by atoms with E-state index in [-0.39, 0.29) is 10.6 Å². The summed E-state index contributed by atoms with van der Waals surface area (Å²) in [7, 11) is -1.68. The third-order valence-corrected chi connectivity index (χ3v) is 13.3. The van der Waals surface area contributed by atoms with Crippen LogP contribution < -0.4 is 0 Å². The maximum absolute atomic E-state index is 11.7. The lowest BCUT2D eigenvalue weighted by molar-refractivity contribution is -0.385. The van der Waals surface area contributed by atoms with E-state index in [1.807, 2.05) is 48.5 Å². The first-order valence-corrected chi connectivity index (χ1v) is 26.9. The van der Waals surface area contributed by atoms with E-state index < -0.39 is 8.07 Å². The van der Waals surface area contributed by atoms with Crippen LogP contribution in [0, 0.1) is 60.7 Å². The van der Waals surface area contributed by atoms with Gasteiger partial charge in [0.1, 0.15) is 8.07 Å². The van der Waals surface area contributed by atoms with Gasteiger partial charge in [-0.2, -0.15) is 0 Å². The Morgan fingerprint density at radius 2 is 0.765 bits per heavy atom. The van der Waals surface area contributed by atoms with Crippen LogP contribution in [0.2, 0.25) is 19.6 Å². The predicted molar refractivity (Wildman–Crippen MR) is 294 cm³/mol. The summed E-state index contributed by atoms with van der Waals surface area (Å²) in [6.45, 7) is 6.83. The molecule has 0 fully saturated rings. The molecule has 0 saturated carbocycles. The number of non-ortho nitro benzene ring substituents is 1. The highest BCUT2D eigenvalue weighted by molar-refractivity contribution is 14.1. The molecule has 10 aromatic rings. The average molecular weight is 998 g/mol. The van der Waals surface area contributed by atoms with E-state index >= 15 is 0 Å². The number of hydrogen-bond acceptors (Lipinski definition) is 2. The van der Waals surface area contributed by atoms with E-state index in [2.05, 4.69) is 217 Å². The number of nitro groups is 1. The predicted octanol–water partition coefficient (Wildman–Crippen LogP) is 15.6. The second-order valence-electron chi connectivity index (χ2n) is 17.6. The molecule has 5 heteroatoms. The molecule has 0 atom stereocenters. The van der Waals surface area contributed by atoms with Gasteiger partial charge in [-0.15, -0.1) is 5.54 Å². The fourth-order valence-corrected chi connectivity index (χ4v) is 9.84. The normalized spacial score (nSPS) is 10.9. The molecule has 0 spiro atoms. The molecule has 3 nitrogen and oxygen atoms in total. The Balaban J connectivity index is 1.10. The van der Waals surface area contributed by atoms with Crippen molar-refractivity contribution in [2.45, 2.75) is 19.6 Å². The van der Waals surface area contributed by atoms with Gasteiger partial charge in [-0.25, -0.2) is 0 Å². The van der Waals surface area contributed by atoms with Crippen molar-refractivity contribution < 1.29 is 4.92 Å². The van der Waals surface area contributed by atoms with Gasteiger partial charge >= 0.3 is 0 Å². The molecule has 0 aromatic heterocycles. The molecule has 10 aromatic carbocycles. The third-order valence-electron chi connectivity index (χ3n) is 11.8. The summed E-state index contributed by atoms with van der Waals surface area (Å²) >= 11 is 2.10. The monoisotopic (exact) mass is 997 g/mol. The van der Waals surface area contributed by atoms with E-state index in [1.54, 1.807) is 6.07 Å². The zero-order valence-corrected chi connectivity index (χ0v) is 40.7. The minimum atomic E-state index is -1.68. The lowest BCUT2D eigenvalue weighted by atomic mass is 9.87. The first kappa shape index (κ1) is 43.7. The maximum atomic E-state index is 11.7. The molecule has 68 heavy (non-hydrogen) atoms. The van der Waals surface area contributed by atoms with E-state index in [0.717, 1.165) is 102 Å². The molecule has 0 N–H and O–H groups in total. The largest absolute Gasteiger partial charge is 0.271 e. The minimum absolute atomic E-state index is 0.0121. The molecule has 0 saturated heterocycles. The number of nitrogens with zero attached hydrogens (tertiary/aromatic N) is 1. The van der Waals surface area contributed by atoms with Crippen molar-refractivity contribution in [3.63, 3.8) is 0 Å². The lowest BCUT2D eigenvalue weighted by Crippen LogP contribution is -2.16. The van der Waals surface area contributed by atoms with Gasteiger partial charge < -0.3 is 0 Å². The van der Waals surface area contributed by atoms with E-state index in [9.17, 15) is 10.1 Å². The molecule has 320 valence electrons. The lowest BCUT2D eigenvalue weighted by Gasteiger charge is -2.15. The van der Waals surface area contributed by atoms with Gasteiger partial charge in [0.15, 0.2) is 0 Å². The van der Waals surface area contributed by atoms with Crippen molar-refractivity contribution in [3.8, 4) is 69.2 Å². The van der Waals surface area contributed by atoms with Gasteiger partial charge in [0.25, 0.3) is 5.69 Å². The zero-order chi connectivity index (χ0) is 46.8. The number of benzene rings is 10. The average Bonchev–Trinajstić information content (AvgIpc) is 3.35. The van der Waals surface area contributed by atoms with Crippen molar-refractivity contribution in [2.24, 2.45) is 0 Å². The van der Waals surface area contributed by atoms with Crippen molar-refractivity contribution in [1.82, 2.24) is 0 Å². The highest BCUT2D eigenvalue weighted by atomic mass is 127. The van der Waals surface area contributed by atoms with Crippen LogP contribution in [0.1, 0.15) is 38.9 Å². The molecular formula is C63H40INO2Si. The molecular weight excluding hydrogens is 958 g/mol. The molecule has 0 aliphatic carbocycles. The SMILES string of the molecule is C[Si](C)(C)C#Cc1ccc2ccccc2c1-c1c(C#Cc2cccc(C#Cc3ccc4ccccc4c3-c3c(C#Cc4cc(I)cc([N+](=O)[O-])c4)ccc4ccccc34)c2)ccc2ccccc12. The molecule has 0 amide bonds. The molecule has 10 rings (SSSR count). The van der Waals surface area contributed by atoms with Gasteiger partial charge in [-0.05, 0) is 114 Å². The summed E-state index contributed by atoms with van der Waals surface area (Å²) in [5.41, 5.74) is 13.7. The van der Waals surface area contributed by atoms with Crippen molar-refractivity contribution in [2.75, 3.05) is 0 Å². The first-order valence-electron chi connectivity index (χ1n) is 22.3. The molecule has 0 unspecified atom stereocenters. The van der Waals surface area contributed by atoms with Crippen LogP contribution in [-0.2, 0) is 0 Å². The van der Waals surface area contributed by atoms with Gasteiger partial charge in [0.2, 0.25) is 0 Å². The van der Waals surface area contributed by atoms with Crippen molar-refractivity contribution in [3.05, 3.63) is 241 Å². The molecule has 0 aliphatic heterocycles. The standard InChI is InChI=1S/C63H40INO2Si/c1-68(2,3)38-37-53-36-32-49-18-7-11-22-59(49)63(53)62-51(34-30-48-17-6-10-21-58(48)62)27-24-44-14-12-13-43(39-44)23-26-50-33-29-46-15-4-8-19-56(46)60(50)61-52(35-31-47-16-5-9-20-57(47)61)28-25-45-40-54(64)42-55(41-45)65(66)67/h4-22,29-36,39-42H,1-3H3. The Kier molecular flexibility index (Phi) is 12.0. The molecule has 0 aliphatic rings. The van der Waals surface area contributed by atoms with Crippen LogP contribution in [0.25, 0.3) is 65.3 Å². The molecule has 0 radical (unpaired) electrons. The van der Waals surface area contributed by atoms with Gasteiger partial charge in [0, 0.05) is 76.9 Å². The number of fused-ring (bicyclic) bond motifs is 4. The molecule has 0 bridgehead atoms. The summed E-state index contributed by atoms with van der Waals surface area (Å²) in [6, 6.07) is 63.7.